The molecule has 0 spiro atoms. The Morgan fingerprint density at radius 1 is 1.03 bits per heavy atom. The molecule has 30 heavy (non-hydrogen) atoms. The number of benzene rings is 2. The van der Waals surface area contributed by atoms with E-state index in [1.165, 1.54) is 5.56 Å². The van der Waals surface area contributed by atoms with Crippen molar-refractivity contribution in [2.45, 2.75) is 24.3 Å². The Morgan fingerprint density at radius 2 is 1.70 bits per heavy atom. The highest BCUT2D eigenvalue weighted by Gasteiger charge is 2.55. The van der Waals surface area contributed by atoms with E-state index < -0.39 is 0 Å². The molecule has 5 heteroatoms. The summed E-state index contributed by atoms with van der Waals surface area (Å²) in [5, 5.41) is 3.50. The number of carbonyl (C=O) groups is 1. The van der Waals surface area contributed by atoms with Gasteiger partial charge < -0.3 is 19.9 Å². The summed E-state index contributed by atoms with van der Waals surface area (Å²) in [5.41, 5.74) is 2.42. The molecule has 6 rings (SSSR count). The molecule has 4 aliphatic rings. The van der Waals surface area contributed by atoms with Gasteiger partial charge in [-0.15, -0.1) is 0 Å². The van der Waals surface area contributed by atoms with Crippen molar-refractivity contribution in [3.63, 3.8) is 0 Å². The Morgan fingerprint density at radius 3 is 2.40 bits per heavy atom. The predicted molar refractivity (Wildman–Crippen MR) is 118 cm³/mol. The summed E-state index contributed by atoms with van der Waals surface area (Å²) in [7, 11) is 1.69. The van der Waals surface area contributed by atoms with E-state index in [1.807, 2.05) is 24.3 Å². The van der Waals surface area contributed by atoms with Crippen LogP contribution in [0.1, 0.15) is 17.5 Å². The highest BCUT2D eigenvalue weighted by atomic mass is 16.5. The summed E-state index contributed by atoms with van der Waals surface area (Å²) >= 11 is 0. The largest absolute Gasteiger partial charge is 0.496 e. The number of methoxy groups -OCH3 is 1. The van der Waals surface area contributed by atoms with Crippen molar-refractivity contribution in [2.24, 2.45) is 5.92 Å². The highest BCUT2D eigenvalue weighted by Crippen LogP contribution is 2.43. The Kier molecular flexibility index (Phi) is 5.25. The average Bonchev–Trinajstić information content (AvgIpc) is 3.03. The van der Waals surface area contributed by atoms with Crippen LogP contribution in [0.3, 0.4) is 0 Å². The SMILES string of the molecule is COc1ccccc1CCC(=O)N[C@@H]1C2CN3CCN(C2)CC1(c1ccccc1)C3. The first-order valence-electron chi connectivity index (χ1n) is 11.1. The van der Waals surface area contributed by atoms with E-state index in [0.29, 0.717) is 18.8 Å². The fraction of sp³-hybridized carbons (Fsp3) is 0.480. The number of ether oxygens (including phenoxy) is 1. The van der Waals surface area contributed by atoms with Crippen molar-refractivity contribution in [3.8, 4) is 5.75 Å². The maximum atomic E-state index is 13.1. The van der Waals surface area contributed by atoms with E-state index in [0.717, 1.165) is 50.6 Å². The number of fused-ring (bicyclic) bond motifs is 1. The third kappa shape index (κ3) is 3.50. The molecular formula is C25H31N3O2. The highest BCUT2D eigenvalue weighted by molar-refractivity contribution is 5.77. The second kappa shape index (κ2) is 8.05. The normalized spacial score (nSPS) is 31.9. The minimum atomic E-state index is -0.0287. The number of nitrogens with one attached hydrogen (secondary N) is 1. The van der Waals surface area contributed by atoms with Gasteiger partial charge in [0.1, 0.15) is 5.75 Å². The van der Waals surface area contributed by atoms with Crippen molar-refractivity contribution in [1.82, 2.24) is 15.1 Å². The van der Waals surface area contributed by atoms with Gasteiger partial charge in [-0.25, -0.2) is 0 Å². The number of piperidine rings is 2. The maximum absolute atomic E-state index is 13.1. The van der Waals surface area contributed by atoms with Crippen LogP contribution in [0.4, 0.5) is 0 Å². The van der Waals surface area contributed by atoms with Crippen LogP contribution >= 0.6 is 0 Å². The molecule has 4 aliphatic heterocycles. The third-order valence-corrected chi connectivity index (χ3v) is 7.28. The number of hydrogen-bond donors (Lipinski definition) is 1. The number of aryl methyl sites for hydroxylation is 1. The second-order valence-corrected chi connectivity index (χ2v) is 9.11. The Balaban J connectivity index is 1.36. The molecule has 4 bridgehead atoms. The molecule has 4 saturated heterocycles. The monoisotopic (exact) mass is 405 g/mol. The molecule has 2 aromatic rings. The minimum Gasteiger partial charge on any atom is -0.496 e. The van der Waals surface area contributed by atoms with E-state index in [9.17, 15) is 4.79 Å². The standard InChI is InChI=1S/C25H31N3O2/c1-30-22-10-6-5-7-19(22)11-12-23(29)26-24-20-15-27-13-14-28(16-20)18-25(24,17-27)21-8-3-2-4-9-21/h2-10,20,24H,11-18H2,1H3,(H,26,29)/t20?,24-,25?/m1/s1. The first-order chi connectivity index (χ1) is 14.7. The van der Waals surface area contributed by atoms with E-state index in [-0.39, 0.29) is 17.4 Å². The average molecular weight is 406 g/mol. The molecule has 0 aliphatic carbocycles. The zero-order valence-electron chi connectivity index (χ0n) is 17.7. The van der Waals surface area contributed by atoms with Gasteiger partial charge in [0.25, 0.3) is 0 Å². The molecule has 2 unspecified atom stereocenters. The number of rotatable bonds is 6. The summed E-state index contributed by atoms with van der Waals surface area (Å²) < 4.78 is 5.45. The van der Waals surface area contributed by atoms with Gasteiger partial charge in [0.2, 0.25) is 5.91 Å². The summed E-state index contributed by atoms with van der Waals surface area (Å²) in [6, 6.07) is 19.0. The molecular weight excluding hydrogens is 374 g/mol. The topological polar surface area (TPSA) is 44.8 Å². The van der Waals surface area contributed by atoms with Crippen LogP contribution < -0.4 is 10.1 Å². The van der Waals surface area contributed by atoms with E-state index in [2.05, 4.69) is 45.4 Å². The van der Waals surface area contributed by atoms with Crippen molar-refractivity contribution in [1.29, 1.82) is 0 Å². The van der Waals surface area contributed by atoms with Gasteiger partial charge in [0.15, 0.2) is 0 Å². The van der Waals surface area contributed by atoms with Gasteiger partial charge in [0, 0.05) is 63.1 Å². The summed E-state index contributed by atoms with van der Waals surface area (Å²) in [5.74, 6) is 1.49. The van der Waals surface area contributed by atoms with Crippen LogP contribution in [0.5, 0.6) is 5.75 Å². The Bertz CT molecular complexity index is 884. The van der Waals surface area contributed by atoms with Crippen molar-refractivity contribution < 1.29 is 9.53 Å². The molecule has 158 valence electrons. The number of nitrogens with zero attached hydrogens (tertiary/aromatic N) is 2. The molecule has 1 N–H and O–H groups in total. The fourth-order valence-electron chi connectivity index (χ4n) is 5.97. The predicted octanol–water partition coefficient (Wildman–Crippen LogP) is 2.31. The van der Waals surface area contributed by atoms with Gasteiger partial charge in [-0.05, 0) is 23.6 Å². The molecule has 0 saturated carbocycles. The molecule has 0 aromatic heterocycles. The lowest BCUT2D eigenvalue weighted by Crippen LogP contribution is -2.70. The van der Waals surface area contributed by atoms with Crippen LogP contribution in [0.2, 0.25) is 0 Å². The quantitative estimate of drug-likeness (QED) is 0.801. The summed E-state index contributed by atoms with van der Waals surface area (Å²) in [4.78, 5) is 18.3. The zero-order valence-corrected chi connectivity index (χ0v) is 17.7. The first kappa shape index (κ1) is 19.6. The number of carbonyl (C=O) groups excluding carboxylic acids is 1. The van der Waals surface area contributed by atoms with E-state index >= 15 is 0 Å². The Labute approximate surface area is 179 Å². The molecule has 3 atom stereocenters. The zero-order chi connectivity index (χ0) is 20.6. The molecule has 4 heterocycles. The third-order valence-electron chi connectivity index (χ3n) is 7.28. The van der Waals surface area contributed by atoms with Crippen LogP contribution in [0, 0.1) is 5.92 Å². The van der Waals surface area contributed by atoms with E-state index in [1.54, 1.807) is 7.11 Å². The minimum absolute atomic E-state index is 0.0287. The summed E-state index contributed by atoms with van der Waals surface area (Å²) in [6.45, 7) is 6.51. The van der Waals surface area contributed by atoms with Gasteiger partial charge >= 0.3 is 0 Å². The van der Waals surface area contributed by atoms with Crippen LogP contribution in [-0.4, -0.2) is 68.1 Å². The summed E-state index contributed by atoms with van der Waals surface area (Å²) in [6.07, 6.45) is 1.19. The molecule has 5 nitrogen and oxygen atoms in total. The molecule has 0 radical (unpaired) electrons. The van der Waals surface area contributed by atoms with Crippen LogP contribution in [0.25, 0.3) is 0 Å². The lowest BCUT2D eigenvalue weighted by Gasteiger charge is -2.55. The van der Waals surface area contributed by atoms with E-state index in [4.69, 9.17) is 4.74 Å². The lowest BCUT2D eigenvalue weighted by molar-refractivity contribution is -0.124. The van der Waals surface area contributed by atoms with Crippen LogP contribution in [-0.2, 0) is 16.6 Å². The first-order valence-corrected chi connectivity index (χ1v) is 11.1. The van der Waals surface area contributed by atoms with Gasteiger partial charge in [0.05, 0.1) is 7.11 Å². The van der Waals surface area contributed by atoms with Gasteiger partial charge in [-0.2, -0.15) is 0 Å². The number of hydrogen-bond acceptors (Lipinski definition) is 4. The fourth-order valence-corrected chi connectivity index (χ4v) is 5.97. The molecule has 1 amide bonds. The van der Waals surface area contributed by atoms with Crippen LogP contribution in [0.15, 0.2) is 54.6 Å². The smallest absolute Gasteiger partial charge is 0.220 e. The number of para-hydroxylation sites is 1. The van der Waals surface area contributed by atoms with Crippen molar-refractivity contribution >= 4 is 5.91 Å². The second-order valence-electron chi connectivity index (χ2n) is 9.11. The van der Waals surface area contributed by atoms with Crippen molar-refractivity contribution in [3.05, 3.63) is 65.7 Å². The Hall–Kier alpha value is -2.37. The molecule has 4 fully saturated rings. The molecule has 2 aromatic carbocycles. The lowest BCUT2D eigenvalue weighted by atomic mass is 9.64. The number of amides is 1. The van der Waals surface area contributed by atoms with Crippen molar-refractivity contribution in [2.75, 3.05) is 46.4 Å². The van der Waals surface area contributed by atoms with Gasteiger partial charge in [-0.1, -0.05) is 48.5 Å². The maximum Gasteiger partial charge on any atom is 0.220 e. The van der Waals surface area contributed by atoms with Gasteiger partial charge in [-0.3, -0.25) is 4.79 Å².